The van der Waals surface area contributed by atoms with Crippen LogP contribution in [0.4, 0.5) is 0 Å². The van der Waals surface area contributed by atoms with E-state index in [-0.39, 0.29) is 24.4 Å². The molecule has 0 radical (unpaired) electrons. The van der Waals surface area contributed by atoms with Crippen LogP contribution in [-0.4, -0.2) is 55.8 Å². The molecule has 0 unspecified atom stereocenters. The molecule has 1 N–H and O–H groups in total. The molecule has 1 aliphatic carbocycles. The third kappa shape index (κ3) is 3.85. The first-order valence-electron chi connectivity index (χ1n) is 7.75. The summed E-state index contributed by atoms with van der Waals surface area (Å²) in [6.07, 6.45) is 3.33. The zero-order chi connectivity index (χ0) is 16.1. The molecule has 5 heteroatoms. The molecule has 0 bridgehead atoms. The standard InChI is InChI=1S/C17H25N3O2/c1-18-16(21)11-20(3)17(22)12-19(2)15-10-6-8-13-7-4-5-9-14(13)15/h4-5,7,9,15H,6,8,10-12H2,1-3H3,(H,18,21)/t15-/m0/s1. The van der Waals surface area contributed by atoms with E-state index in [1.807, 2.05) is 7.05 Å². The van der Waals surface area contributed by atoms with Gasteiger partial charge in [-0.25, -0.2) is 0 Å². The fourth-order valence-electron chi connectivity index (χ4n) is 3.01. The summed E-state index contributed by atoms with van der Waals surface area (Å²) in [5.41, 5.74) is 2.72. The fourth-order valence-corrected chi connectivity index (χ4v) is 3.01. The van der Waals surface area contributed by atoms with Crippen LogP contribution in [-0.2, 0) is 16.0 Å². The zero-order valence-corrected chi connectivity index (χ0v) is 13.6. The first-order valence-corrected chi connectivity index (χ1v) is 7.75. The van der Waals surface area contributed by atoms with E-state index >= 15 is 0 Å². The number of nitrogens with zero attached hydrogens (tertiary/aromatic N) is 2. The monoisotopic (exact) mass is 303 g/mol. The van der Waals surface area contributed by atoms with E-state index in [2.05, 4.69) is 34.5 Å². The van der Waals surface area contributed by atoms with Crippen LogP contribution in [0.5, 0.6) is 0 Å². The van der Waals surface area contributed by atoms with Crippen molar-refractivity contribution in [2.45, 2.75) is 25.3 Å². The Morgan fingerprint density at radius 2 is 1.95 bits per heavy atom. The minimum absolute atomic E-state index is 0.0332. The van der Waals surface area contributed by atoms with Crippen molar-refractivity contribution >= 4 is 11.8 Å². The lowest BCUT2D eigenvalue weighted by atomic mass is 9.87. The summed E-state index contributed by atoms with van der Waals surface area (Å²) in [5, 5.41) is 2.53. The van der Waals surface area contributed by atoms with E-state index in [0.29, 0.717) is 6.54 Å². The molecule has 22 heavy (non-hydrogen) atoms. The average molecular weight is 303 g/mol. The maximum absolute atomic E-state index is 12.3. The van der Waals surface area contributed by atoms with E-state index in [0.717, 1.165) is 19.3 Å². The van der Waals surface area contributed by atoms with Gasteiger partial charge in [-0.3, -0.25) is 14.5 Å². The summed E-state index contributed by atoms with van der Waals surface area (Å²) >= 11 is 0. The molecule has 0 saturated heterocycles. The van der Waals surface area contributed by atoms with Crippen LogP contribution in [0.25, 0.3) is 0 Å². The lowest BCUT2D eigenvalue weighted by molar-refractivity contribution is -0.135. The topological polar surface area (TPSA) is 52.7 Å². The van der Waals surface area contributed by atoms with Crippen LogP contribution in [0.2, 0.25) is 0 Å². The second kappa shape index (κ2) is 7.40. The Morgan fingerprint density at radius 3 is 2.68 bits per heavy atom. The zero-order valence-electron chi connectivity index (χ0n) is 13.6. The Morgan fingerprint density at radius 1 is 1.23 bits per heavy atom. The highest BCUT2D eigenvalue weighted by Gasteiger charge is 2.25. The maximum Gasteiger partial charge on any atom is 0.239 e. The summed E-state index contributed by atoms with van der Waals surface area (Å²) in [7, 11) is 5.23. The molecule has 2 rings (SSSR count). The quantitative estimate of drug-likeness (QED) is 0.889. The minimum atomic E-state index is -0.151. The average Bonchev–Trinajstić information content (AvgIpc) is 2.53. The van der Waals surface area contributed by atoms with Crippen LogP contribution < -0.4 is 5.32 Å². The van der Waals surface area contributed by atoms with Gasteiger partial charge in [0.15, 0.2) is 0 Å². The Hall–Kier alpha value is -1.88. The number of rotatable bonds is 5. The van der Waals surface area contributed by atoms with Crippen LogP contribution >= 0.6 is 0 Å². The molecule has 0 aliphatic heterocycles. The maximum atomic E-state index is 12.3. The van der Waals surface area contributed by atoms with Crippen LogP contribution in [0, 0.1) is 0 Å². The van der Waals surface area contributed by atoms with Crippen LogP contribution in [0.1, 0.15) is 30.0 Å². The Kier molecular flexibility index (Phi) is 5.55. The van der Waals surface area contributed by atoms with Gasteiger partial charge >= 0.3 is 0 Å². The fraction of sp³-hybridized carbons (Fsp3) is 0.529. The number of aryl methyl sites for hydroxylation is 1. The van der Waals surface area contributed by atoms with E-state index in [1.54, 1.807) is 14.1 Å². The highest BCUT2D eigenvalue weighted by molar-refractivity contribution is 5.85. The molecule has 0 heterocycles. The van der Waals surface area contributed by atoms with Crippen molar-refractivity contribution in [1.29, 1.82) is 0 Å². The number of likely N-dealkylation sites (N-methyl/N-ethyl adjacent to an activating group) is 3. The number of nitrogens with one attached hydrogen (secondary N) is 1. The first-order chi connectivity index (χ1) is 10.5. The highest BCUT2D eigenvalue weighted by Crippen LogP contribution is 2.33. The van der Waals surface area contributed by atoms with Crippen LogP contribution in [0.15, 0.2) is 24.3 Å². The van der Waals surface area contributed by atoms with Gasteiger partial charge in [-0.1, -0.05) is 24.3 Å². The highest BCUT2D eigenvalue weighted by atomic mass is 16.2. The summed E-state index contributed by atoms with van der Waals surface area (Å²) in [5.74, 6) is -0.185. The van der Waals surface area contributed by atoms with Gasteiger partial charge < -0.3 is 10.2 Å². The van der Waals surface area contributed by atoms with Crippen molar-refractivity contribution < 1.29 is 9.59 Å². The van der Waals surface area contributed by atoms with Gasteiger partial charge in [0.1, 0.15) is 0 Å². The smallest absolute Gasteiger partial charge is 0.239 e. The van der Waals surface area contributed by atoms with Crippen molar-refractivity contribution in [3.05, 3.63) is 35.4 Å². The van der Waals surface area contributed by atoms with Crippen molar-refractivity contribution in [1.82, 2.24) is 15.1 Å². The molecular formula is C17H25N3O2. The summed E-state index contributed by atoms with van der Waals surface area (Å²) < 4.78 is 0. The molecule has 1 aliphatic rings. The molecule has 0 fully saturated rings. The van der Waals surface area contributed by atoms with Gasteiger partial charge in [0.2, 0.25) is 11.8 Å². The van der Waals surface area contributed by atoms with E-state index in [9.17, 15) is 9.59 Å². The first kappa shape index (κ1) is 16.5. The minimum Gasteiger partial charge on any atom is -0.358 e. The molecule has 0 saturated carbocycles. The molecule has 2 amide bonds. The second-order valence-corrected chi connectivity index (χ2v) is 5.94. The van der Waals surface area contributed by atoms with Gasteiger partial charge in [0.25, 0.3) is 0 Å². The van der Waals surface area contributed by atoms with Crippen molar-refractivity contribution in [3.8, 4) is 0 Å². The molecule has 1 aromatic carbocycles. The largest absolute Gasteiger partial charge is 0.358 e. The number of fused-ring (bicyclic) bond motifs is 1. The predicted molar refractivity (Wildman–Crippen MR) is 86.5 cm³/mol. The van der Waals surface area contributed by atoms with Crippen LogP contribution in [0.3, 0.4) is 0 Å². The third-order valence-corrected chi connectivity index (χ3v) is 4.34. The Labute approximate surface area is 132 Å². The Bertz CT molecular complexity index is 544. The van der Waals surface area contributed by atoms with Gasteiger partial charge in [-0.2, -0.15) is 0 Å². The van der Waals surface area contributed by atoms with E-state index in [4.69, 9.17) is 0 Å². The lowest BCUT2D eigenvalue weighted by Crippen LogP contribution is -2.42. The van der Waals surface area contributed by atoms with Gasteiger partial charge in [-0.15, -0.1) is 0 Å². The second-order valence-electron chi connectivity index (χ2n) is 5.94. The third-order valence-electron chi connectivity index (χ3n) is 4.34. The number of benzene rings is 1. The molecule has 0 aromatic heterocycles. The van der Waals surface area contributed by atoms with Crippen molar-refractivity contribution in [3.63, 3.8) is 0 Å². The van der Waals surface area contributed by atoms with Crippen molar-refractivity contribution in [2.24, 2.45) is 0 Å². The summed E-state index contributed by atoms with van der Waals surface area (Å²) in [6.45, 7) is 0.428. The molecule has 0 spiro atoms. The molecule has 1 aromatic rings. The number of hydrogen-bond acceptors (Lipinski definition) is 3. The molecular weight excluding hydrogens is 278 g/mol. The molecule has 5 nitrogen and oxygen atoms in total. The SMILES string of the molecule is CNC(=O)CN(C)C(=O)CN(C)[C@H]1CCCc2ccccc21. The molecule has 120 valence electrons. The predicted octanol–water partition coefficient (Wildman–Crippen LogP) is 1.20. The summed E-state index contributed by atoms with van der Waals surface area (Å²) in [4.78, 5) is 27.2. The van der Waals surface area contributed by atoms with Gasteiger partial charge in [0, 0.05) is 20.1 Å². The van der Waals surface area contributed by atoms with Gasteiger partial charge in [-0.05, 0) is 37.4 Å². The normalized spacial score (nSPS) is 17.0. The number of carbonyl (C=O) groups is 2. The van der Waals surface area contributed by atoms with E-state index in [1.165, 1.54) is 16.0 Å². The molecule has 1 atom stereocenters. The Balaban J connectivity index is 1.99. The lowest BCUT2D eigenvalue weighted by Gasteiger charge is -2.33. The van der Waals surface area contributed by atoms with Crippen molar-refractivity contribution in [2.75, 3.05) is 34.2 Å². The number of hydrogen-bond donors (Lipinski definition) is 1. The number of amides is 2. The van der Waals surface area contributed by atoms with E-state index < -0.39 is 0 Å². The number of carbonyl (C=O) groups excluding carboxylic acids is 2. The summed E-state index contributed by atoms with van der Waals surface area (Å²) in [6, 6.07) is 8.75. The van der Waals surface area contributed by atoms with Gasteiger partial charge in [0.05, 0.1) is 13.1 Å².